The maximum Gasteiger partial charge on any atom is 0.333 e. The number of benzene rings is 1. The SMILES string of the molecule is O=C(CCCCCn1cnnn1)ON1C(=O)c2ccccc2C1=O. The van der Waals surface area contributed by atoms with E-state index < -0.39 is 17.8 Å². The fourth-order valence-corrected chi connectivity index (χ4v) is 2.40. The molecule has 0 unspecified atom stereocenters. The molecule has 0 atom stereocenters. The molecule has 0 radical (unpaired) electrons. The van der Waals surface area contributed by atoms with Crippen LogP contribution in [-0.4, -0.2) is 43.1 Å². The number of imide groups is 1. The maximum absolute atomic E-state index is 12.1. The Morgan fingerprint density at radius 3 is 2.38 bits per heavy atom. The summed E-state index contributed by atoms with van der Waals surface area (Å²) in [6.45, 7) is 0.667. The van der Waals surface area contributed by atoms with Crippen LogP contribution in [0.4, 0.5) is 0 Å². The summed E-state index contributed by atoms with van der Waals surface area (Å²) < 4.78 is 1.61. The fourth-order valence-electron chi connectivity index (χ4n) is 2.40. The van der Waals surface area contributed by atoms with Crippen LogP contribution in [0.5, 0.6) is 0 Å². The first kappa shape index (κ1) is 15.8. The van der Waals surface area contributed by atoms with Crippen LogP contribution in [0.1, 0.15) is 46.4 Å². The van der Waals surface area contributed by atoms with Gasteiger partial charge in [-0.25, -0.2) is 9.48 Å². The predicted molar refractivity (Wildman–Crippen MR) is 79.3 cm³/mol. The van der Waals surface area contributed by atoms with Crippen LogP contribution in [0.15, 0.2) is 30.6 Å². The lowest BCUT2D eigenvalue weighted by atomic mass is 10.1. The van der Waals surface area contributed by atoms with Crippen molar-refractivity contribution in [2.24, 2.45) is 0 Å². The van der Waals surface area contributed by atoms with Crippen LogP contribution in [0.3, 0.4) is 0 Å². The largest absolute Gasteiger partial charge is 0.333 e. The van der Waals surface area contributed by atoms with Gasteiger partial charge in [0.15, 0.2) is 0 Å². The number of fused-ring (bicyclic) bond motifs is 1. The molecular formula is C15H15N5O4. The van der Waals surface area contributed by atoms with Crippen LogP contribution in [0.25, 0.3) is 0 Å². The monoisotopic (exact) mass is 329 g/mol. The second kappa shape index (κ2) is 6.99. The summed E-state index contributed by atoms with van der Waals surface area (Å²) in [5.74, 6) is -1.82. The number of hydroxylamine groups is 2. The van der Waals surface area contributed by atoms with E-state index in [4.69, 9.17) is 4.84 Å². The van der Waals surface area contributed by atoms with Crippen LogP contribution in [0.2, 0.25) is 0 Å². The van der Waals surface area contributed by atoms with E-state index in [1.165, 1.54) is 18.5 Å². The molecule has 1 aromatic heterocycles. The summed E-state index contributed by atoms with van der Waals surface area (Å²) in [5, 5.41) is 11.3. The molecule has 0 fully saturated rings. The molecular weight excluding hydrogens is 314 g/mol. The van der Waals surface area contributed by atoms with Gasteiger partial charge in [0.05, 0.1) is 11.1 Å². The Hall–Kier alpha value is -3.10. The summed E-state index contributed by atoms with van der Waals surface area (Å²) in [7, 11) is 0. The van der Waals surface area contributed by atoms with E-state index in [0.29, 0.717) is 18.0 Å². The second-order valence-electron chi connectivity index (χ2n) is 5.30. The highest BCUT2D eigenvalue weighted by Crippen LogP contribution is 2.23. The lowest BCUT2D eigenvalue weighted by Gasteiger charge is -2.12. The number of aryl methyl sites for hydroxylation is 1. The van der Waals surface area contributed by atoms with Gasteiger partial charge in [0.2, 0.25) is 0 Å². The minimum Gasteiger partial charge on any atom is -0.330 e. The van der Waals surface area contributed by atoms with Crippen molar-refractivity contribution in [3.05, 3.63) is 41.7 Å². The summed E-state index contributed by atoms with van der Waals surface area (Å²) in [4.78, 5) is 40.9. The lowest BCUT2D eigenvalue weighted by Crippen LogP contribution is -2.32. The molecule has 0 saturated carbocycles. The van der Waals surface area contributed by atoms with E-state index in [9.17, 15) is 14.4 Å². The van der Waals surface area contributed by atoms with Gasteiger partial charge in [-0.3, -0.25) is 9.59 Å². The van der Waals surface area contributed by atoms with Crippen molar-refractivity contribution in [3.8, 4) is 0 Å². The molecule has 1 aliphatic heterocycles. The van der Waals surface area contributed by atoms with Crippen molar-refractivity contribution in [1.29, 1.82) is 0 Å². The number of rotatable bonds is 7. The number of tetrazole rings is 1. The number of amides is 2. The quantitative estimate of drug-likeness (QED) is 0.550. The first-order valence-electron chi connectivity index (χ1n) is 7.56. The predicted octanol–water partition coefficient (Wildman–Crippen LogP) is 0.988. The molecule has 9 heteroatoms. The van der Waals surface area contributed by atoms with E-state index in [0.717, 1.165) is 12.8 Å². The molecule has 2 amide bonds. The summed E-state index contributed by atoms with van der Waals surface area (Å²) in [6, 6.07) is 6.37. The third kappa shape index (κ3) is 3.29. The number of unbranched alkanes of at least 4 members (excludes halogenated alkanes) is 2. The van der Waals surface area contributed by atoms with Crippen molar-refractivity contribution < 1.29 is 19.2 Å². The van der Waals surface area contributed by atoms with Gasteiger partial charge < -0.3 is 4.84 Å². The summed E-state index contributed by atoms with van der Waals surface area (Å²) in [6.07, 6.45) is 3.83. The third-order valence-electron chi connectivity index (χ3n) is 3.61. The normalized spacial score (nSPS) is 13.2. The van der Waals surface area contributed by atoms with Gasteiger partial charge in [-0.2, -0.15) is 0 Å². The number of nitrogens with zero attached hydrogens (tertiary/aromatic N) is 5. The van der Waals surface area contributed by atoms with Gasteiger partial charge in [-0.15, -0.1) is 5.10 Å². The Labute approximate surface area is 137 Å². The van der Waals surface area contributed by atoms with Crippen molar-refractivity contribution >= 4 is 17.8 Å². The van der Waals surface area contributed by atoms with Crippen LogP contribution in [-0.2, 0) is 16.2 Å². The van der Waals surface area contributed by atoms with E-state index in [1.54, 1.807) is 16.8 Å². The van der Waals surface area contributed by atoms with Gasteiger partial charge in [-0.05, 0) is 35.4 Å². The van der Waals surface area contributed by atoms with Gasteiger partial charge in [0.25, 0.3) is 11.8 Å². The molecule has 0 bridgehead atoms. The molecule has 0 saturated heterocycles. The van der Waals surface area contributed by atoms with Crippen molar-refractivity contribution in [1.82, 2.24) is 25.3 Å². The number of hydrogen-bond donors (Lipinski definition) is 0. The second-order valence-corrected chi connectivity index (χ2v) is 5.30. The highest BCUT2D eigenvalue weighted by atomic mass is 16.7. The Morgan fingerprint density at radius 1 is 1.04 bits per heavy atom. The van der Waals surface area contributed by atoms with E-state index in [2.05, 4.69) is 15.5 Å². The number of hydrogen-bond acceptors (Lipinski definition) is 7. The molecule has 3 rings (SSSR count). The van der Waals surface area contributed by atoms with E-state index in [1.807, 2.05) is 0 Å². The zero-order valence-corrected chi connectivity index (χ0v) is 12.8. The highest BCUT2D eigenvalue weighted by molar-refractivity contribution is 6.20. The maximum atomic E-state index is 12.1. The standard InChI is InChI=1S/C15H15N5O4/c21-13(8-2-1-5-9-19-10-16-17-18-19)24-20-14(22)11-6-3-4-7-12(11)15(20)23/h3-4,6-7,10H,1-2,5,8-9H2. The Morgan fingerprint density at radius 2 is 1.75 bits per heavy atom. The van der Waals surface area contributed by atoms with Crippen LogP contribution in [0, 0.1) is 0 Å². The molecule has 1 aromatic carbocycles. The van der Waals surface area contributed by atoms with Crippen molar-refractivity contribution in [2.75, 3.05) is 0 Å². The summed E-state index contributed by atoms with van der Waals surface area (Å²) in [5.41, 5.74) is 0.494. The van der Waals surface area contributed by atoms with Gasteiger partial charge >= 0.3 is 5.97 Å². The molecule has 24 heavy (non-hydrogen) atoms. The lowest BCUT2D eigenvalue weighted by molar-refractivity contribution is -0.168. The topological polar surface area (TPSA) is 107 Å². The van der Waals surface area contributed by atoms with Crippen molar-refractivity contribution in [3.63, 3.8) is 0 Å². The number of aromatic nitrogens is 4. The molecule has 0 spiro atoms. The van der Waals surface area contributed by atoms with Gasteiger partial charge in [-0.1, -0.05) is 23.6 Å². The Kier molecular flexibility index (Phi) is 4.59. The summed E-state index contributed by atoms with van der Waals surface area (Å²) >= 11 is 0. The van der Waals surface area contributed by atoms with E-state index >= 15 is 0 Å². The Balaban J connectivity index is 1.42. The highest BCUT2D eigenvalue weighted by Gasteiger charge is 2.38. The van der Waals surface area contributed by atoms with Crippen LogP contribution >= 0.6 is 0 Å². The third-order valence-corrected chi connectivity index (χ3v) is 3.61. The van der Waals surface area contributed by atoms with Crippen molar-refractivity contribution in [2.45, 2.75) is 32.2 Å². The molecule has 9 nitrogen and oxygen atoms in total. The first-order valence-corrected chi connectivity index (χ1v) is 7.56. The molecule has 1 aliphatic rings. The minimum absolute atomic E-state index is 0.128. The average Bonchev–Trinajstić information content (AvgIpc) is 3.18. The molecule has 0 N–H and O–H groups in total. The zero-order valence-electron chi connectivity index (χ0n) is 12.8. The molecule has 2 heterocycles. The van der Waals surface area contributed by atoms with Crippen LogP contribution < -0.4 is 0 Å². The average molecular weight is 329 g/mol. The minimum atomic E-state index is -0.609. The van der Waals surface area contributed by atoms with Gasteiger partial charge in [0, 0.05) is 13.0 Å². The Bertz CT molecular complexity index is 724. The molecule has 0 aliphatic carbocycles. The molecule has 124 valence electrons. The molecule has 2 aromatic rings. The number of carbonyl (C=O) groups excluding carboxylic acids is 3. The zero-order chi connectivity index (χ0) is 16.9. The van der Waals surface area contributed by atoms with Gasteiger partial charge in [0.1, 0.15) is 6.33 Å². The number of carbonyl (C=O) groups is 3. The fraction of sp³-hybridized carbons (Fsp3) is 0.333. The first-order chi connectivity index (χ1) is 11.7. The van der Waals surface area contributed by atoms with E-state index in [-0.39, 0.29) is 17.5 Å². The smallest absolute Gasteiger partial charge is 0.330 e.